The molecule has 1 N–H and O–H groups in total. The van der Waals surface area contributed by atoms with Crippen molar-refractivity contribution in [1.82, 2.24) is 0 Å². The Morgan fingerprint density at radius 3 is 1.39 bits per heavy atom. The molecule has 0 rings (SSSR count). The average molecular weight is 473 g/mol. The molecule has 0 fully saturated rings. The van der Waals surface area contributed by atoms with Gasteiger partial charge < -0.3 is 33.5 Å². The lowest BCUT2D eigenvalue weighted by Crippen LogP contribution is -2.17. The van der Waals surface area contributed by atoms with Crippen molar-refractivity contribution in [3.8, 4) is 0 Å². The lowest BCUT2D eigenvalue weighted by atomic mass is 10.2. The van der Waals surface area contributed by atoms with E-state index in [1.165, 1.54) is 0 Å². The van der Waals surface area contributed by atoms with Gasteiger partial charge in [0.2, 0.25) is 5.78 Å². The smallest absolute Gasteiger partial charge is 0.372 e. The van der Waals surface area contributed by atoms with E-state index in [9.17, 15) is 14.4 Å². The summed E-state index contributed by atoms with van der Waals surface area (Å²) in [7, 11) is 0. The molecule has 0 saturated heterocycles. The molecule has 0 aliphatic rings. The number of carboxylic acid groups (broad SMARTS) is 1. The molecule has 0 aromatic heterocycles. The maximum Gasteiger partial charge on any atom is 0.372 e. The van der Waals surface area contributed by atoms with Gasteiger partial charge >= 0.3 is 11.9 Å². The number of aliphatic carboxylic acids is 1. The van der Waals surface area contributed by atoms with Crippen LogP contribution in [0.5, 0.6) is 0 Å². The summed E-state index contributed by atoms with van der Waals surface area (Å²) in [4.78, 5) is 32.4. The summed E-state index contributed by atoms with van der Waals surface area (Å²) in [6.45, 7) is 4.60. The van der Waals surface area contributed by atoms with Gasteiger partial charge in [0.1, 0.15) is 6.61 Å². The number of alkyl halides is 1. The molecule has 0 saturated carbocycles. The molecule has 28 heavy (non-hydrogen) atoms. The third kappa shape index (κ3) is 19.6. The Hall–Kier alpha value is -1.11. The molecule has 0 aliphatic heterocycles. The van der Waals surface area contributed by atoms with E-state index in [0.29, 0.717) is 59.5 Å². The molecule has 0 heterocycles. The zero-order valence-corrected chi connectivity index (χ0v) is 17.5. The van der Waals surface area contributed by atoms with Crippen molar-refractivity contribution in [3.05, 3.63) is 0 Å². The van der Waals surface area contributed by atoms with Crippen molar-refractivity contribution in [2.45, 2.75) is 12.8 Å². The minimum Gasteiger partial charge on any atom is -0.476 e. The number of hydrogen-bond donors (Lipinski definition) is 1. The molecule has 0 amide bonds. The highest BCUT2D eigenvalue weighted by atomic mass is 79.9. The van der Waals surface area contributed by atoms with Gasteiger partial charge in [-0.2, -0.15) is 0 Å². The van der Waals surface area contributed by atoms with E-state index in [0.717, 1.165) is 5.33 Å². The largest absolute Gasteiger partial charge is 0.476 e. The van der Waals surface area contributed by atoms with Gasteiger partial charge in [-0.05, 0) is 0 Å². The molecule has 0 aromatic rings. The second-order valence-electron chi connectivity index (χ2n) is 5.20. The zero-order chi connectivity index (χ0) is 20.9. The number of rotatable bonds is 21. The number of Topliss-reactive ketones (excluding diaryl/α,β-unsaturated/α-hetero) is 1. The molecular weight excluding hydrogens is 444 g/mol. The monoisotopic (exact) mass is 472 g/mol. The fraction of sp³-hybridized carbons (Fsp3) is 0.824. The van der Waals surface area contributed by atoms with Gasteiger partial charge in [0.05, 0.1) is 72.5 Å². The Morgan fingerprint density at radius 1 is 0.607 bits per heavy atom. The summed E-state index contributed by atoms with van der Waals surface area (Å²) in [6, 6.07) is 0. The number of ether oxygens (including phenoxy) is 6. The molecule has 0 radical (unpaired) electrons. The van der Waals surface area contributed by atoms with Gasteiger partial charge in [-0.1, -0.05) is 15.9 Å². The van der Waals surface area contributed by atoms with Gasteiger partial charge in [0, 0.05) is 11.8 Å². The van der Waals surface area contributed by atoms with Crippen LogP contribution >= 0.6 is 15.9 Å². The normalized spacial score (nSPS) is 10.8. The fourth-order valence-electron chi connectivity index (χ4n) is 1.65. The molecule has 164 valence electrons. The molecule has 0 unspecified atom stereocenters. The first-order chi connectivity index (χ1) is 13.6. The van der Waals surface area contributed by atoms with E-state index in [1.54, 1.807) is 0 Å². The molecule has 0 aliphatic carbocycles. The number of esters is 1. The highest BCUT2D eigenvalue weighted by Gasteiger charge is 2.14. The van der Waals surface area contributed by atoms with E-state index in [4.69, 9.17) is 33.5 Å². The Morgan fingerprint density at radius 2 is 1.00 bits per heavy atom. The maximum atomic E-state index is 11.3. The van der Waals surface area contributed by atoms with Crippen molar-refractivity contribution in [3.63, 3.8) is 0 Å². The summed E-state index contributed by atoms with van der Waals surface area (Å²) in [5.74, 6) is -3.21. The number of halogens is 1. The van der Waals surface area contributed by atoms with E-state index < -0.39 is 17.7 Å². The molecule has 0 spiro atoms. The third-order valence-electron chi connectivity index (χ3n) is 2.99. The third-order valence-corrected chi connectivity index (χ3v) is 3.32. The number of carbonyl (C=O) groups excluding carboxylic acids is 2. The molecule has 11 heteroatoms. The van der Waals surface area contributed by atoms with Gasteiger partial charge in [0.25, 0.3) is 0 Å². The van der Waals surface area contributed by atoms with Crippen molar-refractivity contribution < 1.29 is 47.9 Å². The second kappa shape index (κ2) is 20.6. The van der Waals surface area contributed by atoms with Gasteiger partial charge in [0.15, 0.2) is 0 Å². The van der Waals surface area contributed by atoms with Crippen molar-refractivity contribution in [1.29, 1.82) is 0 Å². The number of ketones is 1. The van der Waals surface area contributed by atoms with Crippen LogP contribution in [0.25, 0.3) is 0 Å². The van der Waals surface area contributed by atoms with Crippen molar-refractivity contribution in [2.75, 3.05) is 78.0 Å². The summed E-state index contributed by atoms with van der Waals surface area (Å²) >= 11 is 3.26. The lowest BCUT2D eigenvalue weighted by Gasteiger charge is -2.08. The Balaban J connectivity index is 3.18. The highest BCUT2D eigenvalue weighted by Crippen LogP contribution is 1.95. The standard InChI is InChI=1S/C17H29BrO10/c18-3-4-23-5-6-24-7-8-25-9-10-26-11-12-27-13-14-28-16(20)2-1-15(19)17(21)22/h1-14H2,(H,21,22). The molecule has 0 bridgehead atoms. The van der Waals surface area contributed by atoms with E-state index in [2.05, 4.69) is 15.9 Å². The van der Waals surface area contributed by atoms with E-state index in [1.807, 2.05) is 0 Å². The SMILES string of the molecule is O=C(CCC(=O)C(=O)O)OCCOCCOCCOCCOCCOCCBr. The highest BCUT2D eigenvalue weighted by molar-refractivity contribution is 9.09. The van der Waals surface area contributed by atoms with Crippen LogP contribution < -0.4 is 0 Å². The van der Waals surface area contributed by atoms with Crippen molar-refractivity contribution >= 4 is 33.7 Å². The Labute approximate surface area is 172 Å². The maximum absolute atomic E-state index is 11.3. The number of carboxylic acids is 1. The van der Waals surface area contributed by atoms with Gasteiger partial charge in [-0.3, -0.25) is 9.59 Å². The van der Waals surface area contributed by atoms with E-state index >= 15 is 0 Å². The Bertz CT molecular complexity index is 419. The summed E-state index contributed by atoms with van der Waals surface area (Å²) < 4.78 is 31.2. The van der Waals surface area contributed by atoms with Gasteiger partial charge in [-0.15, -0.1) is 0 Å². The lowest BCUT2D eigenvalue weighted by molar-refractivity contribution is -0.151. The van der Waals surface area contributed by atoms with E-state index in [-0.39, 0.29) is 26.1 Å². The number of hydrogen-bond acceptors (Lipinski definition) is 9. The zero-order valence-electron chi connectivity index (χ0n) is 15.9. The van der Waals surface area contributed by atoms with Crippen LogP contribution in [0.2, 0.25) is 0 Å². The first kappa shape index (κ1) is 26.9. The molecule has 0 aromatic carbocycles. The van der Waals surface area contributed by atoms with Crippen LogP contribution in [0.1, 0.15) is 12.8 Å². The molecule has 10 nitrogen and oxygen atoms in total. The van der Waals surface area contributed by atoms with Crippen LogP contribution in [-0.2, 0) is 42.8 Å². The van der Waals surface area contributed by atoms with Crippen LogP contribution in [0.3, 0.4) is 0 Å². The van der Waals surface area contributed by atoms with Crippen LogP contribution in [0.4, 0.5) is 0 Å². The first-order valence-electron chi connectivity index (χ1n) is 8.94. The Kier molecular flexibility index (Phi) is 19.8. The summed E-state index contributed by atoms with van der Waals surface area (Å²) in [5.41, 5.74) is 0. The summed E-state index contributed by atoms with van der Waals surface area (Å²) in [6.07, 6.45) is -0.632. The minimum atomic E-state index is -1.55. The topological polar surface area (TPSA) is 127 Å². The van der Waals surface area contributed by atoms with Gasteiger partial charge in [-0.25, -0.2) is 4.79 Å². The minimum absolute atomic E-state index is 0.0321. The van der Waals surface area contributed by atoms with Crippen LogP contribution in [-0.4, -0.2) is 101 Å². The molecular formula is C17H29BrO10. The first-order valence-corrected chi connectivity index (χ1v) is 10.1. The predicted molar refractivity (Wildman–Crippen MR) is 101 cm³/mol. The fourth-order valence-corrected chi connectivity index (χ4v) is 1.87. The van der Waals surface area contributed by atoms with Crippen LogP contribution in [0, 0.1) is 0 Å². The second-order valence-corrected chi connectivity index (χ2v) is 5.99. The molecule has 0 atom stereocenters. The predicted octanol–water partition coefficient (Wildman–Crippen LogP) is 0.441. The average Bonchev–Trinajstić information content (AvgIpc) is 2.68. The summed E-state index contributed by atoms with van der Waals surface area (Å²) in [5, 5.41) is 9.19. The van der Waals surface area contributed by atoms with Crippen molar-refractivity contribution in [2.24, 2.45) is 0 Å². The number of carbonyl (C=O) groups is 3. The van der Waals surface area contributed by atoms with Crippen LogP contribution in [0.15, 0.2) is 0 Å². The quantitative estimate of drug-likeness (QED) is 0.109.